The Hall–Kier alpha value is -1.31. The van der Waals surface area contributed by atoms with Gasteiger partial charge in [-0.15, -0.1) is 0 Å². The summed E-state index contributed by atoms with van der Waals surface area (Å²) in [5.41, 5.74) is 1.72. The highest BCUT2D eigenvalue weighted by Crippen LogP contribution is 2.24. The van der Waals surface area contributed by atoms with Crippen molar-refractivity contribution in [2.45, 2.75) is 76.4 Å². The van der Waals surface area contributed by atoms with Gasteiger partial charge < -0.3 is 9.31 Å². The zero-order chi connectivity index (χ0) is 15.9. The fraction of sp³-hybridized carbons (Fsp3) is 0.632. The van der Waals surface area contributed by atoms with Crippen LogP contribution in [0.4, 0.5) is 0 Å². The zero-order valence-electron chi connectivity index (χ0n) is 13.9. The van der Waals surface area contributed by atoms with Crippen molar-refractivity contribution in [1.82, 2.24) is 0 Å². The summed E-state index contributed by atoms with van der Waals surface area (Å²) in [4.78, 5) is 0. The summed E-state index contributed by atoms with van der Waals surface area (Å²) in [5, 5.41) is 8.98. The number of hydrogen-bond donors (Lipinski definition) is 0. The average Bonchev–Trinajstić information content (AvgIpc) is 2.63. The van der Waals surface area contributed by atoms with Crippen LogP contribution < -0.4 is 5.46 Å². The molecule has 1 aromatic carbocycles. The van der Waals surface area contributed by atoms with Gasteiger partial charge in [0.2, 0.25) is 0 Å². The Labute approximate surface area is 140 Å². The first-order valence-corrected chi connectivity index (χ1v) is 9.16. The van der Waals surface area contributed by atoms with Gasteiger partial charge in [0.15, 0.2) is 0 Å². The molecular weight excluding hydrogens is 285 g/mol. The molecule has 2 fully saturated rings. The molecule has 4 heteroatoms. The second kappa shape index (κ2) is 8.52. The van der Waals surface area contributed by atoms with Crippen LogP contribution in [-0.2, 0) is 9.31 Å². The fourth-order valence-electron chi connectivity index (χ4n) is 3.66. The minimum absolute atomic E-state index is 0.283. The number of nitrogens with zero attached hydrogens (tertiary/aromatic N) is 1. The fourth-order valence-corrected chi connectivity index (χ4v) is 3.66. The van der Waals surface area contributed by atoms with Gasteiger partial charge in [0.1, 0.15) is 0 Å². The van der Waals surface area contributed by atoms with E-state index in [-0.39, 0.29) is 7.12 Å². The normalized spacial score (nSPS) is 20.1. The van der Waals surface area contributed by atoms with Gasteiger partial charge in [0.25, 0.3) is 0 Å². The van der Waals surface area contributed by atoms with Gasteiger partial charge in [0, 0.05) is 12.2 Å². The van der Waals surface area contributed by atoms with E-state index >= 15 is 0 Å². The molecule has 1 aromatic rings. The highest BCUT2D eigenvalue weighted by atomic mass is 16.6. The monoisotopic (exact) mass is 311 g/mol. The van der Waals surface area contributed by atoms with Crippen LogP contribution >= 0.6 is 0 Å². The average molecular weight is 311 g/mol. The highest BCUT2D eigenvalue weighted by Gasteiger charge is 2.30. The first-order valence-electron chi connectivity index (χ1n) is 9.16. The minimum atomic E-state index is -0.283. The van der Waals surface area contributed by atoms with Gasteiger partial charge in [0.05, 0.1) is 11.6 Å². The third-order valence-electron chi connectivity index (χ3n) is 5.05. The van der Waals surface area contributed by atoms with Crippen molar-refractivity contribution in [2.24, 2.45) is 0 Å². The molecule has 0 unspecified atom stereocenters. The van der Waals surface area contributed by atoms with E-state index in [1.54, 1.807) is 0 Å². The number of benzene rings is 1. The third-order valence-corrected chi connectivity index (χ3v) is 5.05. The van der Waals surface area contributed by atoms with E-state index in [9.17, 15) is 0 Å². The van der Waals surface area contributed by atoms with Gasteiger partial charge in [-0.3, -0.25) is 0 Å². The molecule has 0 heterocycles. The summed E-state index contributed by atoms with van der Waals surface area (Å²) in [6, 6.07) is 9.85. The number of nitriles is 1. The van der Waals surface area contributed by atoms with Crippen LogP contribution in [0.5, 0.6) is 0 Å². The van der Waals surface area contributed by atoms with Crippen LogP contribution in [-0.4, -0.2) is 19.3 Å². The van der Waals surface area contributed by atoms with Gasteiger partial charge in [-0.1, -0.05) is 50.7 Å². The van der Waals surface area contributed by atoms with E-state index in [2.05, 4.69) is 6.07 Å². The van der Waals surface area contributed by atoms with E-state index < -0.39 is 0 Å². The molecule has 0 N–H and O–H groups in total. The topological polar surface area (TPSA) is 42.2 Å². The van der Waals surface area contributed by atoms with E-state index in [1.807, 2.05) is 24.3 Å². The first kappa shape index (κ1) is 16.5. The summed E-state index contributed by atoms with van der Waals surface area (Å²) >= 11 is 0. The minimum Gasteiger partial charge on any atom is -0.404 e. The van der Waals surface area contributed by atoms with Crippen LogP contribution in [0.1, 0.15) is 69.8 Å². The molecule has 0 amide bonds. The highest BCUT2D eigenvalue weighted by molar-refractivity contribution is 6.61. The maximum atomic E-state index is 8.98. The lowest BCUT2D eigenvalue weighted by Crippen LogP contribution is -2.43. The summed E-state index contributed by atoms with van der Waals surface area (Å²) in [6.07, 6.45) is 12.9. The molecule has 0 aliphatic heterocycles. The molecule has 3 nitrogen and oxygen atoms in total. The number of rotatable bonds is 5. The molecule has 2 saturated carbocycles. The Bertz CT molecular complexity index is 493. The predicted octanol–water partition coefficient (Wildman–Crippen LogP) is 3.95. The van der Waals surface area contributed by atoms with Crippen LogP contribution in [0.15, 0.2) is 24.3 Å². The smallest absolute Gasteiger partial charge is 0.404 e. The lowest BCUT2D eigenvalue weighted by molar-refractivity contribution is 0.0727. The van der Waals surface area contributed by atoms with Crippen molar-refractivity contribution in [3.8, 4) is 6.07 Å². The van der Waals surface area contributed by atoms with Gasteiger partial charge >= 0.3 is 7.12 Å². The van der Waals surface area contributed by atoms with Gasteiger partial charge in [-0.25, -0.2) is 0 Å². The van der Waals surface area contributed by atoms with Crippen molar-refractivity contribution in [2.75, 3.05) is 0 Å². The molecule has 0 bridgehead atoms. The van der Waals surface area contributed by atoms with E-state index in [0.29, 0.717) is 17.8 Å². The van der Waals surface area contributed by atoms with Gasteiger partial charge in [-0.05, 0) is 43.3 Å². The SMILES string of the molecule is N#Cc1ccc(B(OC2CCCCC2)OC2CCCCC2)cc1. The van der Waals surface area contributed by atoms with Crippen LogP contribution in [0, 0.1) is 11.3 Å². The maximum Gasteiger partial charge on any atom is 0.494 e. The lowest BCUT2D eigenvalue weighted by atomic mass is 9.76. The van der Waals surface area contributed by atoms with Crippen molar-refractivity contribution in [1.29, 1.82) is 5.26 Å². The molecule has 2 aliphatic carbocycles. The molecule has 0 aromatic heterocycles. The Balaban J connectivity index is 1.69. The summed E-state index contributed by atoms with van der Waals surface area (Å²) in [7, 11) is -0.283. The van der Waals surface area contributed by atoms with Gasteiger partial charge in [-0.2, -0.15) is 5.26 Å². The molecule has 0 saturated heterocycles. The predicted molar refractivity (Wildman–Crippen MR) is 92.5 cm³/mol. The van der Waals surface area contributed by atoms with Crippen molar-refractivity contribution in [3.05, 3.63) is 29.8 Å². The molecule has 23 heavy (non-hydrogen) atoms. The molecule has 0 spiro atoms. The van der Waals surface area contributed by atoms with Crippen LogP contribution in [0.25, 0.3) is 0 Å². The third kappa shape index (κ3) is 4.83. The molecule has 3 rings (SSSR count). The number of hydrogen-bond acceptors (Lipinski definition) is 3. The Morgan fingerprint density at radius 3 is 1.70 bits per heavy atom. The second-order valence-corrected chi connectivity index (χ2v) is 6.86. The Kier molecular flexibility index (Phi) is 6.13. The van der Waals surface area contributed by atoms with Crippen molar-refractivity contribution >= 4 is 12.6 Å². The quantitative estimate of drug-likeness (QED) is 0.773. The first-order chi connectivity index (χ1) is 11.3. The van der Waals surface area contributed by atoms with Crippen molar-refractivity contribution < 1.29 is 9.31 Å². The van der Waals surface area contributed by atoms with E-state index in [0.717, 1.165) is 31.1 Å². The standard InChI is InChI=1S/C19H26BNO2/c21-15-16-11-13-17(14-12-16)20(22-18-7-3-1-4-8-18)23-19-9-5-2-6-10-19/h11-14,18-19H,1-10H2. The molecule has 2 aliphatic rings. The Morgan fingerprint density at radius 2 is 1.26 bits per heavy atom. The van der Waals surface area contributed by atoms with Crippen LogP contribution in [0.3, 0.4) is 0 Å². The lowest BCUT2D eigenvalue weighted by Gasteiger charge is -2.30. The molecule has 0 radical (unpaired) electrons. The largest absolute Gasteiger partial charge is 0.494 e. The zero-order valence-corrected chi connectivity index (χ0v) is 13.9. The second-order valence-electron chi connectivity index (χ2n) is 6.86. The summed E-state index contributed by atoms with van der Waals surface area (Å²) in [6.45, 7) is 0. The van der Waals surface area contributed by atoms with Crippen LogP contribution in [0.2, 0.25) is 0 Å². The molecule has 122 valence electrons. The molecule has 0 atom stereocenters. The van der Waals surface area contributed by atoms with E-state index in [4.69, 9.17) is 14.6 Å². The molecular formula is C19H26BNO2. The van der Waals surface area contributed by atoms with Crippen molar-refractivity contribution in [3.63, 3.8) is 0 Å². The van der Waals surface area contributed by atoms with E-state index in [1.165, 1.54) is 38.5 Å². The maximum absolute atomic E-state index is 8.98. The summed E-state index contributed by atoms with van der Waals surface area (Å²) < 4.78 is 12.7. The summed E-state index contributed by atoms with van der Waals surface area (Å²) in [5.74, 6) is 0. The Morgan fingerprint density at radius 1 is 0.783 bits per heavy atom.